The molecule has 142 valence electrons. The average Bonchev–Trinajstić information content (AvgIpc) is 3.17. The van der Waals surface area contributed by atoms with Crippen LogP contribution in [0.2, 0.25) is 0 Å². The van der Waals surface area contributed by atoms with Gasteiger partial charge < -0.3 is 10.1 Å². The third kappa shape index (κ3) is 3.93. The average molecular weight is 375 g/mol. The number of pyridine rings is 1. The van der Waals surface area contributed by atoms with Crippen molar-refractivity contribution >= 4 is 23.5 Å². The van der Waals surface area contributed by atoms with Crippen molar-refractivity contribution in [2.75, 3.05) is 6.61 Å². The normalized spacial score (nSPS) is 13.4. The maximum absolute atomic E-state index is 12.5. The molecule has 7 heteroatoms. The number of carbonyl (C=O) groups is 1. The molecule has 0 saturated carbocycles. The highest BCUT2D eigenvalue weighted by molar-refractivity contribution is 5.95. The van der Waals surface area contributed by atoms with Crippen LogP contribution in [-0.2, 0) is 6.54 Å². The van der Waals surface area contributed by atoms with E-state index in [-0.39, 0.29) is 5.91 Å². The van der Waals surface area contributed by atoms with E-state index in [0.29, 0.717) is 30.2 Å². The number of rotatable bonds is 6. The fourth-order valence-electron chi connectivity index (χ4n) is 2.95. The van der Waals surface area contributed by atoms with Gasteiger partial charge in [0.05, 0.1) is 6.61 Å². The van der Waals surface area contributed by atoms with E-state index in [0.717, 1.165) is 29.9 Å². The van der Waals surface area contributed by atoms with E-state index in [1.807, 2.05) is 43.5 Å². The van der Waals surface area contributed by atoms with Crippen LogP contribution >= 0.6 is 0 Å². The van der Waals surface area contributed by atoms with Gasteiger partial charge in [-0.2, -0.15) is 0 Å². The number of hydrogen-bond donors (Lipinski definition) is 1. The van der Waals surface area contributed by atoms with Gasteiger partial charge in [0.2, 0.25) is 0 Å². The first-order valence-electron chi connectivity index (χ1n) is 9.32. The standard InChI is InChI=1S/C21H21N5O2/c1-2-28-17-8-6-15(7-9-17)14-23-21(27)16-10-12-26-19(13-16)24-20(25-26)18-5-3-4-11-22-18/h5-13H,2-4,14H2,1H3,(H,23,27). The topological polar surface area (TPSA) is 80.9 Å². The largest absolute Gasteiger partial charge is 0.494 e. The van der Waals surface area contributed by atoms with Gasteiger partial charge in [0, 0.05) is 24.5 Å². The molecule has 7 nitrogen and oxygen atoms in total. The van der Waals surface area contributed by atoms with Gasteiger partial charge >= 0.3 is 0 Å². The number of aromatic nitrogens is 3. The SMILES string of the molecule is CCOc1ccc(CNC(=O)c2ccn3nc(C4=CCCC=N4)nc3c2)cc1. The van der Waals surface area contributed by atoms with Crippen molar-refractivity contribution in [2.45, 2.75) is 26.3 Å². The first-order valence-corrected chi connectivity index (χ1v) is 9.32. The maximum atomic E-state index is 12.5. The van der Waals surface area contributed by atoms with Gasteiger partial charge in [0.15, 0.2) is 11.5 Å². The zero-order chi connectivity index (χ0) is 19.3. The van der Waals surface area contributed by atoms with Gasteiger partial charge in [0.25, 0.3) is 5.91 Å². The lowest BCUT2D eigenvalue weighted by Crippen LogP contribution is -2.22. The Balaban J connectivity index is 1.45. The van der Waals surface area contributed by atoms with Gasteiger partial charge in [-0.25, -0.2) is 9.50 Å². The Bertz CT molecular complexity index is 1050. The molecule has 0 unspecified atom stereocenters. The zero-order valence-corrected chi connectivity index (χ0v) is 15.6. The molecule has 0 aliphatic carbocycles. The van der Waals surface area contributed by atoms with Gasteiger partial charge in [-0.1, -0.05) is 18.2 Å². The quantitative estimate of drug-likeness (QED) is 0.717. The third-order valence-electron chi connectivity index (χ3n) is 4.38. The van der Waals surface area contributed by atoms with E-state index in [1.165, 1.54) is 0 Å². The summed E-state index contributed by atoms with van der Waals surface area (Å²) in [6, 6.07) is 11.2. The molecule has 1 aromatic carbocycles. The molecule has 0 fully saturated rings. The van der Waals surface area contributed by atoms with Crippen LogP contribution < -0.4 is 10.1 Å². The van der Waals surface area contributed by atoms with E-state index < -0.39 is 0 Å². The Kier molecular flexibility index (Phi) is 5.14. The molecule has 1 amide bonds. The number of nitrogens with zero attached hydrogens (tertiary/aromatic N) is 4. The molecule has 0 atom stereocenters. The van der Waals surface area contributed by atoms with Crippen LogP contribution in [0.4, 0.5) is 0 Å². The van der Waals surface area contributed by atoms with E-state index >= 15 is 0 Å². The minimum absolute atomic E-state index is 0.157. The summed E-state index contributed by atoms with van der Waals surface area (Å²) in [6.45, 7) is 3.02. The first-order chi connectivity index (χ1) is 13.7. The highest BCUT2D eigenvalue weighted by atomic mass is 16.5. The monoisotopic (exact) mass is 375 g/mol. The summed E-state index contributed by atoms with van der Waals surface area (Å²) in [4.78, 5) is 21.4. The Morgan fingerprint density at radius 1 is 1.21 bits per heavy atom. The second kappa shape index (κ2) is 8.04. The number of nitrogens with one attached hydrogen (secondary N) is 1. The molecular weight excluding hydrogens is 354 g/mol. The van der Waals surface area contributed by atoms with Crippen molar-refractivity contribution < 1.29 is 9.53 Å². The predicted octanol–water partition coefficient (Wildman–Crippen LogP) is 3.26. The second-order valence-corrected chi connectivity index (χ2v) is 6.39. The molecule has 28 heavy (non-hydrogen) atoms. The number of hydrogen-bond acceptors (Lipinski definition) is 5. The van der Waals surface area contributed by atoms with E-state index in [9.17, 15) is 4.79 Å². The molecular formula is C21H21N5O2. The maximum Gasteiger partial charge on any atom is 0.251 e. The molecule has 0 saturated heterocycles. The van der Waals surface area contributed by atoms with Gasteiger partial charge in [-0.05, 0) is 49.6 Å². The molecule has 1 aliphatic heterocycles. The van der Waals surface area contributed by atoms with Crippen molar-refractivity contribution in [3.63, 3.8) is 0 Å². The summed E-state index contributed by atoms with van der Waals surface area (Å²) in [5.74, 6) is 1.24. The molecule has 0 bridgehead atoms. The first kappa shape index (κ1) is 17.9. The number of carbonyl (C=O) groups excluding carboxylic acids is 1. The van der Waals surface area contributed by atoms with Crippen LogP contribution in [0.1, 0.15) is 41.5 Å². The minimum atomic E-state index is -0.157. The number of benzene rings is 1. The number of ether oxygens (including phenoxy) is 1. The highest BCUT2D eigenvalue weighted by Gasteiger charge is 2.12. The Morgan fingerprint density at radius 3 is 2.82 bits per heavy atom. The molecule has 3 aromatic rings. The van der Waals surface area contributed by atoms with E-state index in [1.54, 1.807) is 22.8 Å². The fourth-order valence-corrected chi connectivity index (χ4v) is 2.95. The van der Waals surface area contributed by atoms with Crippen molar-refractivity contribution in [1.82, 2.24) is 19.9 Å². The third-order valence-corrected chi connectivity index (χ3v) is 4.38. The zero-order valence-electron chi connectivity index (χ0n) is 15.6. The van der Waals surface area contributed by atoms with Crippen LogP contribution in [0.5, 0.6) is 5.75 Å². The van der Waals surface area contributed by atoms with Gasteiger partial charge in [0.1, 0.15) is 11.4 Å². The van der Waals surface area contributed by atoms with Crippen molar-refractivity contribution in [2.24, 2.45) is 4.99 Å². The lowest BCUT2D eigenvalue weighted by Gasteiger charge is -2.07. The van der Waals surface area contributed by atoms with E-state index in [2.05, 4.69) is 20.4 Å². The number of fused-ring (bicyclic) bond motifs is 1. The smallest absolute Gasteiger partial charge is 0.251 e. The molecule has 0 spiro atoms. The summed E-state index contributed by atoms with van der Waals surface area (Å²) in [5.41, 5.74) is 2.94. The minimum Gasteiger partial charge on any atom is -0.494 e. The van der Waals surface area contributed by atoms with Crippen LogP contribution in [0.3, 0.4) is 0 Å². The molecule has 1 N–H and O–H groups in total. The summed E-state index contributed by atoms with van der Waals surface area (Å²) in [6.07, 6.45) is 7.52. The Morgan fingerprint density at radius 2 is 2.07 bits per heavy atom. The Labute approximate surface area is 162 Å². The van der Waals surface area contributed by atoms with Crippen LogP contribution in [0.25, 0.3) is 11.3 Å². The molecule has 4 rings (SSSR count). The molecule has 0 radical (unpaired) electrons. The summed E-state index contributed by atoms with van der Waals surface area (Å²) < 4.78 is 7.08. The predicted molar refractivity (Wildman–Crippen MR) is 107 cm³/mol. The van der Waals surface area contributed by atoms with Gasteiger partial charge in [-0.15, -0.1) is 5.10 Å². The van der Waals surface area contributed by atoms with Crippen molar-refractivity contribution in [1.29, 1.82) is 0 Å². The van der Waals surface area contributed by atoms with Gasteiger partial charge in [-0.3, -0.25) is 9.79 Å². The molecule has 1 aliphatic rings. The fraction of sp³-hybridized carbons (Fsp3) is 0.238. The Hall–Kier alpha value is -3.48. The number of amides is 1. The van der Waals surface area contributed by atoms with Crippen LogP contribution in [0.15, 0.2) is 53.7 Å². The lowest BCUT2D eigenvalue weighted by atomic mass is 10.2. The second-order valence-electron chi connectivity index (χ2n) is 6.39. The summed E-state index contributed by atoms with van der Waals surface area (Å²) >= 11 is 0. The summed E-state index contributed by atoms with van der Waals surface area (Å²) in [5, 5.41) is 7.36. The van der Waals surface area contributed by atoms with Crippen LogP contribution in [-0.4, -0.2) is 33.3 Å². The van der Waals surface area contributed by atoms with Crippen molar-refractivity contribution in [3.05, 3.63) is 65.6 Å². The van der Waals surface area contributed by atoms with E-state index in [4.69, 9.17) is 4.74 Å². The lowest BCUT2D eigenvalue weighted by molar-refractivity contribution is 0.0951. The molecule has 3 heterocycles. The number of allylic oxidation sites excluding steroid dienone is 1. The van der Waals surface area contributed by atoms with Crippen LogP contribution in [0, 0.1) is 0 Å². The molecule has 2 aromatic heterocycles. The number of aliphatic imine (C=N–C) groups is 1. The summed E-state index contributed by atoms with van der Waals surface area (Å²) in [7, 11) is 0. The van der Waals surface area contributed by atoms with Crippen molar-refractivity contribution in [3.8, 4) is 5.75 Å². The highest BCUT2D eigenvalue weighted by Crippen LogP contribution is 2.18.